The molecular weight excluding hydrogens is 315 g/mol. The average Bonchev–Trinajstić information content (AvgIpc) is 3.01. The van der Waals surface area contributed by atoms with Gasteiger partial charge < -0.3 is 4.57 Å². The molecule has 0 saturated carbocycles. The first-order valence-electron chi connectivity index (χ1n) is 8.93. The first-order chi connectivity index (χ1) is 12.2. The van der Waals surface area contributed by atoms with Gasteiger partial charge in [0.25, 0.3) is 0 Å². The van der Waals surface area contributed by atoms with Gasteiger partial charge in [-0.15, -0.1) is 0 Å². The second kappa shape index (κ2) is 6.92. The minimum Gasteiger partial charge on any atom is -0.335 e. The van der Waals surface area contributed by atoms with Crippen LogP contribution in [-0.2, 0) is 13.1 Å². The average molecular weight is 338 g/mol. The highest BCUT2D eigenvalue weighted by molar-refractivity contribution is 5.79. The Morgan fingerprint density at radius 1 is 1.24 bits per heavy atom. The Hall–Kier alpha value is -2.27. The molecule has 3 aromatic rings. The maximum absolute atomic E-state index is 14.0. The lowest BCUT2D eigenvalue weighted by atomic mass is 9.97. The number of aromatic nitrogens is 3. The summed E-state index contributed by atoms with van der Waals surface area (Å²) in [4.78, 5) is 11.3. The second-order valence-corrected chi connectivity index (χ2v) is 6.98. The van der Waals surface area contributed by atoms with Gasteiger partial charge in [-0.2, -0.15) is 0 Å². The van der Waals surface area contributed by atoms with Gasteiger partial charge in [0, 0.05) is 37.4 Å². The van der Waals surface area contributed by atoms with Gasteiger partial charge in [-0.05, 0) is 44.4 Å². The normalized spacial score (nSPS) is 18.7. The number of halogens is 1. The molecule has 25 heavy (non-hydrogen) atoms. The molecule has 1 aliphatic heterocycles. The molecule has 1 aromatic carbocycles. The number of aryl methyl sites for hydroxylation is 1. The molecule has 0 spiro atoms. The van der Waals surface area contributed by atoms with Crippen LogP contribution in [0, 0.1) is 18.7 Å². The van der Waals surface area contributed by atoms with E-state index in [0.717, 1.165) is 43.1 Å². The first kappa shape index (κ1) is 16.2. The van der Waals surface area contributed by atoms with Gasteiger partial charge in [-0.1, -0.05) is 18.2 Å². The topological polar surface area (TPSA) is 34.0 Å². The molecule has 0 amide bonds. The molecule has 5 heteroatoms. The monoisotopic (exact) mass is 338 g/mol. The number of piperidine rings is 1. The Bertz CT molecular complexity index is 873. The zero-order valence-corrected chi connectivity index (χ0v) is 14.5. The number of pyridine rings is 1. The fraction of sp³-hybridized carbons (Fsp3) is 0.400. The number of hydrogen-bond donors (Lipinski definition) is 0. The number of imidazole rings is 1. The van der Waals surface area contributed by atoms with Crippen LogP contribution in [0.25, 0.3) is 10.9 Å². The van der Waals surface area contributed by atoms with Gasteiger partial charge in [0.15, 0.2) is 0 Å². The molecule has 2 aromatic heterocycles. The third-order valence-electron chi connectivity index (χ3n) is 5.10. The Morgan fingerprint density at radius 2 is 2.16 bits per heavy atom. The van der Waals surface area contributed by atoms with E-state index < -0.39 is 0 Å². The van der Waals surface area contributed by atoms with Crippen LogP contribution >= 0.6 is 0 Å². The van der Waals surface area contributed by atoms with Crippen molar-refractivity contribution in [3.8, 4) is 0 Å². The van der Waals surface area contributed by atoms with Crippen molar-refractivity contribution in [3.63, 3.8) is 0 Å². The summed E-state index contributed by atoms with van der Waals surface area (Å²) in [6.07, 6.45) is 6.36. The van der Waals surface area contributed by atoms with Crippen molar-refractivity contribution in [2.45, 2.75) is 32.9 Å². The van der Waals surface area contributed by atoms with Crippen molar-refractivity contribution < 1.29 is 4.39 Å². The van der Waals surface area contributed by atoms with Crippen molar-refractivity contribution >= 4 is 10.9 Å². The third kappa shape index (κ3) is 3.56. The third-order valence-corrected chi connectivity index (χ3v) is 5.10. The predicted octanol–water partition coefficient (Wildman–Crippen LogP) is 3.79. The van der Waals surface area contributed by atoms with E-state index in [1.807, 2.05) is 31.3 Å². The van der Waals surface area contributed by atoms with E-state index in [1.165, 1.54) is 18.9 Å². The quantitative estimate of drug-likeness (QED) is 0.726. The van der Waals surface area contributed by atoms with Crippen molar-refractivity contribution in [1.82, 2.24) is 19.4 Å². The maximum Gasteiger partial charge on any atom is 0.149 e. The molecule has 0 unspecified atom stereocenters. The summed E-state index contributed by atoms with van der Waals surface area (Å²) in [6, 6.07) is 9.10. The van der Waals surface area contributed by atoms with Gasteiger partial charge in [0.05, 0.1) is 5.69 Å². The van der Waals surface area contributed by atoms with E-state index in [1.54, 1.807) is 6.07 Å². The lowest BCUT2D eigenvalue weighted by Gasteiger charge is -2.32. The lowest BCUT2D eigenvalue weighted by molar-refractivity contribution is 0.154. The van der Waals surface area contributed by atoms with E-state index in [0.29, 0.717) is 11.4 Å². The van der Waals surface area contributed by atoms with Crippen LogP contribution in [0.4, 0.5) is 4.39 Å². The SMILES string of the molecule is Cc1nccn1C[C@@H]1CCCN(Cc2ccc3cccc(F)c3n2)C1. The van der Waals surface area contributed by atoms with E-state index in [-0.39, 0.29) is 5.82 Å². The molecule has 0 bridgehead atoms. The van der Waals surface area contributed by atoms with Gasteiger partial charge in [-0.25, -0.2) is 14.4 Å². The summed E-state index contributed by atoms with van der Waals surface area (Å²) in [7, 11) is 0. The van der Waals surface area contributed by atoms with Crippen molar-refractivity contribution in [2.24, 2.45) is 5.92 Å². The lowest BCUT2D eigenvalue weighted by Crippen LogP contribution is -2.36. The van der Waals surface area contributed by atoms with Gasteiger partial charge in [-0.3, -0.25) is 4.90 Å². The highest BCUT2D eigenvalue weighted by Gasteiger charge is 2.21. The molecule has 4 nitrogen and oxygen atoms in total. The zero-order valence-electron chi connectivity index (χ0n) is 14.5. The molecule has 4 rings (SSSR count). The number of hydrogen-bond acceptors (Lipinski definition) is 3. The van der Waals surface area contributed by atoms with Crippen LogP contribution in [0.3, 0.4) is 0 Å². The minimum atomic E-state index is -0.244. The summed E-state index contributed by atoms with van der Waals surface area (Å²) in [5.74, 6) is 1.45. The molecule has 0 aliphatic carbocycles. The van der Waals surface area contributed by atoms with Crippen LogP contribution in [0.15, 0.2) is 42.7 Å². The van der Waals surface area contributed by atoms with Crippen molar-refractivity contribution in [3.05, 3.63) is 60.1 Å². The van der Waals surface area contributed by atoms with E-state index in [9.17, 15) is 4.39 Å². The maximum atomic E-state index is 14.0. The van der Waals surface area contributed by atoms with Crippen LogP contribution in [-0.4, -0.2) is 32.5 Å². The molecule has 3 heterocycles. The number of para-hydroxylation sites is 1. The standard InChI is InChI=1S/C20H23FN4/c1-15-22-9-11-25(15)13-16-4-3-10-24(12-16)14-18-8-7-17-5-2-6-19(21)20(17)23-18/h2,5-9,11,16H,3-4,10,12-14H2,1H3/t16-/m1/s1. The Labute approximate surface area is 147 Å². The minimum absolute atomic E-state index is 0.244. The summed E-state index contributed by atoms with van der Waals surface area (Å²) in [5, 5.41) is 0.857. The molecule has 130 valence electrons. The highest BCUT2D eigenvalue weighted by Crippen LogP contribution is 2.22. The number of nitrogens with zero attached hydrogens (tertiary/aromatic N) is 4. The summed E-state index contributed by atoms with van der Waals surface area (Å²) < 4.78 is 16.2. The molecule has 1 aliphatic rings. The predicted molar refractivity (Wildman–Crippen MR) is 96.7 cm³/mol. The van der Waals surface area contributed by atoms with Crippen LogP contribution in [0.2, 0.25) is 0 Å². The second-order valence-electron chi connectivity index (χ2n) is 6.98. The first-order valence-corrected chi connectivity index (χ1v) is 8.93. The molecule has 0 radical (unpaired) electrons. The number of likely N-dealkylation sites (tertiary alicyclic amines) is 1. The van der Waals surface area contributed by atoms with E-state index >= 15 is 0 Å². The fourth-order valence-corrected chi connectivity index (χ4v) is 3.79. The van der Waals surface area contributed by atoms with Crippen molar-refractivity contribution in [1.29, 1.82) is 0 Å². The van der Waals surface area contributed by atoms with Gasteiger partial charge in [0.1, 0.15) is 17.2 Å². The highest BCUT2D eigenvalue weighted by atomic mass is 19.1. The van der Waals surface area contributed by atoms with Crippen LogP contribution in [0.5, 0.6) is 0 Å². The Balaban J connectivity index is 1.45. The van der Waals surface area contributed by atoms with Crippen LogP contribution in [0.1, 0.15) is 24.4 Å². The smallest absolute Gasteiger partial charge is 0.149 e. The molecular formula is C20H23FN4. The van der Waals surface area contributed by atoms with Gasteiger partial charge in [0.2, 0.25) is 0 Å². The van der Waals surface area contributed by atoms with E-state index in [2.05, 4.69) is 25.6 Å². The number of rotatable bonds is 4. The fourth-order valence-electron chi connectivity index (χ4n) is 3.79. The largest absolute Gasteiger partial charge is 0.335 e. The summed E-state index contributed by atoms with van der Waals surface area (Å²) >= 11 is 0. The van der Waals surface area contributed by atoms with Gasteiger partial charge >= 0.3 is 0 Å². The van der Waals surface area contributed by atoms with Crippen LogP contribution < -0.4 is 0 Å². The summed E-state index contributed by atoms with van der Waals surface area (Å²) in [6.45, 7) is 5.98. The van der Waals surface area contributed by atoms with E-state index in [4.69, 9.17) is 0 Å². The van der Waals surface area contributed by atoms with Crippen molar-refractivity contribution in [2.75, 3.05) is 13.1 Å². The molecule has 1 fully saturated rings. The Kier molecular flexibility index (Phi) is 4.49. The molecule has 1 atom stereocenters. The zero-order chi connectivity index (χ0) is 17.2. The summed E-state index contributed by atoms with van der Waals surface area (Å²) in [5.41, 5.74) is 1.42. The molecule has 0 N–H and O–H groups in total. The molecule has 1 saturated heterocycles. The number of fused-ring (bicyclic) bond motifs is 1. The number of benzene rings is 1. The Morgan fingerprint density at radius 3 is 3.00 bits per heavy atom.